The SMILES string of the molecule is COc1ccc(Cl)c(S(=O)(=O)N2C[C@H](CCC(=O)O)Oc3ccc(NC(=O)OC(C)(C)C(F)(F)F)cc32)c1. The van der Waals surface area contributed by atoms with Crippen LogP contribution in [0, 0.1) is 0 Å². The van der Waals surface area contributed by atoms with Gasteiger partial charge in [-0.1, -0.05) is 11.6 Å². The minimum Gasteiger partial charge on any atom is -0.497 e. The monoisotopic (exact) mass is 580 g/mol. The maximum atomic E-state index is 13.7. The largest absolute Gasteiger partial charge is 0.497 e. The maximum Gasteiger partial charge on any atom is 0.427 e. The number of carbonyl (C=O) groups is 2. The Morgan fingerprint density at radius 1 is 1.21 bits per heavy atom. The van der Waals surface area contributed by atoms with E-state index in [1.807, 2.05) is 0 Å². The van der Waals surface area contributed by atoms with Gasteiger partial charge in [0, 0.05) is 18.2 Å². The van der Waals surface area contributed by atoms with Crippen LogP contribution in [0.25, 0.3) is 0 Å². The molecule has 1 atom stereocenters. The number of anilines is 2. The Morgan fingerprint density at radius 3 is 2.50 bits per heavy atom. The Bertz CT molecular complexity index is 1330. The topological polar surface area (TPSA) is 131 Å². The summed E-state index contributed by atoms with van der Waals surface area (Å²) in [6.07, 6.45) is -7.43. The molecule has 0 saturated carbocycles. The number of carbonyl (C=O) groups excluding carboxylic acids is 1. The fourth-order valence-corrected chi connectivity index (χ4v) is 5.40. The van der Waals surface area contributed by atoms with Crippen LogP contribution in [0.1, 0.15) is 26.7 Å². The molecule has 0 aliphatic carbocycles. The molecule has 2 aromatic carbocycles. The number of amides is 1. The molecular weight excluding hydrogens is 557 g/mol. The fraction of sp³-hybridized carbons (Fsp3) is 0.391. The van der Waals surface area contributed by atoms with Gasteiger partial charge in [0.1, 0.15) is 22.5 Å². The van der Waals surface area contributed by atoms with Crippen LogP contribution in [0.2, 0.25) is 5.02 Å². The number of carboxylic acids is 1. The van der Waals surface area contributed by atoms with Crippen molar-refractivity contribution in [3.8, 4) is 11.5 Å². The van der Waals surface area contributed by atoms with Crippen molar-refractivity contribution in [3.05, 3.63) is 41.4 Å². The number of nitrogens with zero attached hydrogens (tertiary/aromatic N) is 1. The predicted octanol–water partition coefficient (Wildman–Crippen LogP) is 5.06. The summed E-state index contributed by atoms with van der Waals surface area (Å²) in [5, 5.41) is 11.1. The quantitative estimate of drug-likeness (QED) is 0.443. The smallest absolute Gasteiger partial charge is 0.427 e. The van der Waals surface area contributed by atoms with E-state index >= 15 is 0 Å². The number of carboxylic acid groups (broad SMARTS) is 1. The van der Waals surface area contributed by atoms with Gasteiger partial charge in [-0.25, -0.2) is 13.2 Å². The number of benzene rings is 2. The molecular formula is C23H24ClF3N2O8S. The number of fused-ring (bicyclic) bond motifs is 1. The van der Waals surface area contributed by atoms with E-state index in [2.05, 4.69) is 10.1 Å². The Hall–Kier alpha value is -3.39. The van der Waals surface area contributed by atoms with Crippen molar-refractivity contribution < 1.29 is 50.5 Å². The summed E-state index contributed by atoms with van der Waals surface area (Å²) in [5.41, 5.74) is -2.94. The summed E-state index contributed by atoms with van der Waals surface area (Å²) in [4.78, 5) is 22.9. The second kappa shape index (κ2) is 10.8. The van der Waals surface area contributed by atoms with Gasteiger partial charge >= 0.3 is 18.2 Å². The normalized spacial score (nSPS) is 15.8. The molecule has 0 radical (unpaired) electrons. The van der Waals surface area contributed by atoms with Crippen molar-refractivity contribution in [2.75, 3.05) is 23.3 Å². The van der Waals surface area contributed by atoms with Crippen LogP contribution in [-0.4, -0.2) is 57.1 Å². The highest BCUT2D eigenvalue weighted by molar-refractivity contribution is 7.93. The lowest BCUT2D eigenvalue weighted by Gasteiger charge is -2.36. The van der Waals surface area contributed by atoms with Gasteiger partial charge in [-0.15, -0.1) is 0 Å². The van der Waals surface area contributed by atoms with Crippen LogP contribution in [0.3, 0.4) is 0 Å². The maximum absolute atomic E-state index is 13.7. The van der Waals surface area contributed by atoms with Gasteiger partial charge in [0.2, 0.25) is 5.60 Å². The molecule has 0 aromatic heterocycles. The summed E-state index contributed by atoms with van der Waals surface area (Å²) in [6.45, 7) is 1.04. The lowest BCUT2D eigenvalue weighted by molar-refractivity contribution is -0.242. The Kier molecular flexibility index (Phi) is 8.27. The van der Waals surface area contributed by atoms with E-state index in [4.69, 9.17) is 26.2 Å². The Balaban J connectivity index is 2.01. The number of hydrogen-bond donors (Lipinski definition) is 2. The van der Waals surface area contributed by atoms with Crippen LogP contribution in [-0.2, 0) is 19.6 Å². The predicted molar refractivity (Wildman–Crippen MR) is 131 cm³/mol. The molecule has 208 valence electrons. The highest BCUT2D eigenvalue weighted by atomic mass is 35.5. The van der Waals surface area contributed by atoms with E-state index in [9.17, 15) is 31.2 Å². The highest BCUT2D eigenvalue weighted by Crippen LogP contribution is 2.41. The third-order valence-corrected chi connectivity index (χ3v) is 7.82. The minimum absolute atomic E-state index is 0.0223. The first kappa shape index (κ1) is 29.2. The van der Waals surface area contributed by atoms with Gasteiger partial charge in [0.15, 0.2) is 0 Å². The Morgan fingerprint density at radius 2 is 1.89 bits per heavy atom. The van der Waals surface area contributed by atoms with Crippen LogP contribution in [0.4, 0.5) is 29.3 Å². The number of nitrogens with one attached hydrogen (secondary N) is 1. The molecule has 1 aliphatic rings. The number of sulfonamides is 1. The van der Waals surface area contributed by atoms with Gasteiger partial charge in [0.05, 0.1) is 24.4 Å². The van der Waals surface area contributed by atoms with Gasteiger partial charge < -0.3 is 19.3 Å². The number of rotatable bonds is 8. The average Bonchev–Trinajstić information content (AvgIpc) is 2.81. The highest BCUT2D eigenvalue weighted by Gasteiger charge is 2.51. The van der Waals surface area contributed by atoms with Crippen LogP contribution in [0.5, 0.6) is 11.5 Å². The van der Waals surface area contributed by atoms with Gasteiger partial charge in [-0.2, -0.15) is 13.2 Å². The first-order valence-electron chi connectivity index (χ1n) is 11.0. The zero-order valence-corrected chi connectivity index (χ0v) is 21.9. The summed E-state index contributed by atoms with van der Waals surface area (Å²) in [6, 6.07) is 7.73. The molecule has 0 bridgehead atoms. The van der Waals surface area contributed by atoms with Crippen molar-refractivity contribution in [3.63, 3.8) is 0 Å². The average molecular weight is 581 g/mol. The van der Waals surface area contributed by atoms with E-state index in [1.165, 1.54) is 43.5 Å². The molecule has 0 unspecified atom stereocenters. The van der Waals surface area contributed by atoms with Gasteiger partial charge in [-0.3, -0.25) is 14.4 Å². The number of ether oxygens (including phenoxy) is 3. The zero-order chi connectivity index (χ0) is 28.5. The summed E-state index contributed by atoms with van der Waals surface area (Å²) in [5.74, 6) is -0.873. The third kappa shape index (κ3) is 6.35. The van der Waals surface area contributed by atoms with Crippen molar-refractivity contribution in [1.29, 1.82) is 0 Å². The summed E-state index contributed by atoms with van der Waals surface area (Å²) >= 11 is 6.19. The lowest BCUT2D eigenvalue weighted by atomic mass is 10.1. The van der Waals surface area contributed by atoms with E-state index in [0.717, 1.165) is 4.31 Å². The van der Waals surface area contributed by atoms with Crippen molar-refractivity contribution in [1.82, 2.24) is 0 Å². The standard InChI is InChI=1S/C23H24ClF3N2O8S/c1-22(2,23(25,26)27)37-21(32)28-13-4-8-18-17(10-13)29(12-15(36-18)6-9-20(30)31)38(33,34)19-11-14(35-3)5-7-16(19)24/h4-5,7-8,10-11,15H,6,9,12H2,1-3H3,(H,28,32)(H,30,31)/t15-/m0/s1. The molecule has 0 spiro atoms. The van der Waals surface area contributed by atoms with Crippen LogP contribution in [0.15, 0.2) is 41.3 Å². The van der Waals surface area contributed by atoms with Gasteiger partial charge in [-0.05, 0) is 50.6 Å². The molecule has 2 aromatic rings. The van der Waals surface area contributed by atoms with Crippen molar-refractivity contribution >= 4 is 45.1 Å². The molecule has 2 N–H and O–H groups in total. The number of halogens is 4. The second-order valence-corrected chi connectivity index (χ2v) is 10.9. The molecule has 1 heterocycles. The van der Waals surface area contributed by atoms with E-state index in [-0.39, 0.29) is 52.2 Å². The Labute approximate surface area is 221 Å². The third-order valence-electron chi connectivity index (χ3n) is 5.55. The fourth-order valence-electron chi connectivity index (χ4n) is 3.41. The molecule has 1 aliphatic heterocycles. The van der Waals surface area contributed by atoms with Crippen LogP contribution < -0.4 is 19.1 Å². The molecule has 10 nitrogen and oxygen atoms in total. The number of methoxy groups -OCH3 is 1. The summed E-state index contributed by atoms with van der Waals surface area (Å²) in [7, 11) is -3.07. The van der Waals surface area contributed by atoms with Crippen LogP contribution >= 0.6 is 11.6 Å². The number of alkyl halides is 3. The molecule has 0 saturated heterocycles. The molecule has 38 heavy (non-hydrogen) atoms. The molecule has 0 fully saturated rings. The first-order valence-corrected chi connectivity index (χ1v) is 12.8. The number of hydrogen-bond acceptors (Lipinski definition) is 7. The van der Waals surface area contributed by atoms with Crippen molar-refractivity contribution in [2.45, 2.75) is 49.5 Å². The van der Waals surface area contributed by atoms with E-state index in [0.29, 0.717) is 13.8 Å². The van der Waals surface area contributed by atoms with Crippen molar-refractivity contribution in [2.24, 2.45) is 0 Å². The van der Waals surface area contributed by atoms with Gasteiger partial charge in [0.25, 0.3) is 10.0 Å². The molecule has 15 heteroatoms. The second-order valence-electron chi connectivity index (χ2n) is 8.71. The first-order chi connectivity index (χ1) is 17.5. The summed E-state index contributed by atoms with van der Waals surface area (Å²) < 4.78 is 83.0. The molecule has 3 rings (SSSR count). The minimum atomic E-state index is -4.83. The molecule has 1 amide bonds. The van der Waals surface area contributed by atoms with E-state index in [1.54, 1.807) is 0 Å². The van der Waals surface area contributed by atoms with E-state index < -0.39 is 40.0 Å². The zero-order valence-electron chi connectivity index (χ0n) is 20.3. The lowest BCUT2D eigenvalue weighted by Crippen LogP contribution is -2.44. The number of aliphatic carboxylic acids is 1.